The molecule has 27 heavy (non-hydrogen) atoms. The maximum absolute atomic E-state index is 10.8. The van der Waals surface area contributed by atoms with E-state index >= 15 is 0 Å². The molecule has 0 fully saturated rings. The highest BCUT2D eigenvalue weighted by atomic mass is 16.6. The highest BCUT2D eigenvalue weighted by Crippen LogP contribution is 2.32. The molecular weight excluding hydrogens is 352 g/mol. The molecule has 0 spiro atoms. The van der Waals surface area contributed by atoms with E-state index in [0.29, 0.717) is 11.1 Å². The average Bonchev–Trinajstić information content (AvgIpc) is 2.62. The first-order chi connectivity index (χ1) is 12.7. The lowest BCUT2D eigenvalue weighted by atomic mass is 10.00. The van der Waals surface area contributed by atoms with Crippen LogP contribution in [-0.2, 0) is 4.74 Å². The van der Waals surface area contributed by atoms with Gasteiger partial charge in [0.15, 0.2) is 0 Å². The van der Waals surface area contributed by atoms with Crippen LogP contribution in [0.1, 0.15) is 37.2 Å². The van der Waals surface area contributed by atoms with Crippen molar-refractivity contribution in [1.82, 2.24) is 0 Å². The fraction of sp³-hybridized carbons (Fsp3) is 0.333. The van der Waals surface area contributed by atoms with Crippen molar-refractivity contribution < 1.29 is 14.6 Å². The summed E-state index contributed by atoms with van der Waals surface area (Å²) in [6, 6.07) is 11.1. The SMILES string of the molecule is CC(N)C(OC(c1ccc([N+](=O)[O-])cc1)C(C)N)c1ccc([N+](=O)[O-])cc1. The van der Waals surface area contributed by atoms with Crippen molar-refractivity contribution in [2.24, 2.45) is 11.5 Å². The van der Waals surface area contributed by atoms with E-state index in [1.165, 1.54) is 24.3 Å². The third-order valence-corrected chi connectivity index (χ3v) is 4.11. The third-order valence-electron chi connectivity index (χ3n) is 4.11. The molecule has 0 amide bonds. The Bertz CT molecular complexity index is 723. The van der Waals surface area contributed by atoms with E-state index in [4.69, 9.17) is 16.2 Å². The Hall–Kier alpha value is -2.88. The quantitative estimate of drug-likeness (QED) is 0.533. The number of benzene rings is 2. The highest BCUT2D eigenvalue weighted by Gasteiger charge is 2.26. The fourth-order valence-electron chi connectivity index (χ4n) is 2.74. The van der Waals surface area contributed by atoms with Gasteiger partial charge in [0.2, 0.25) is 0 Å². The molecule has 0 saturated heterocycles. The molecule has 0 heterocycles. The van der Waals surface area contributed by atoms with Crippen molar-refractivity contribution >= 4 is 11.4 Å². The van der Waals surface area contributed by atoms with E-state index in [1.807, 2.05) is 0 Å². The summed E-state index contributed by atoms with van der Waals surface area (Å²) in [6.45, 7) is 3.53. The first kappa shape index (κ1) is 20.4. The summed E-state index contributed by atoms with van der Waals surface area (Å²) >= 11 is 0. The number of hydrogen-bond donors (Lipinski definition) is 2. The fourth-order valence-corrected chi connectivity index (χ4v) is 2.74. The van der Waals surface area contributed by atoms with E-state index in [2.05, 4.69) is 0 Å². The molecular formula is C18H22N4O5. The second kappa shape index (κ2) is 8.67. The molecule has 4 unspecified atom stereocenters. The summed E-state index contributed by atoms with van der Waals surface area (Å²) in [5.41, 5.74) is 13.4. The zero-order valence-corrected chi connectivity index (χ0v) is 15.0. The molecule has 9 heteroatoms. The van der Waals surface area contributed by atoms with Gasteiger partial charge in [-0.25, -0.2) is 0 Å². The Kier molecular flexibility index (Phi) is 6.56. The first-order valence-electron chi connectivity index (χ1n) is 8.36. The van der Waals surface area contributed by atoms with Crippen LogP contribution in [0.5, 0.6) is 0 Å². The normalized spacial score (nSPS) is 15.6. The molecule has 0 aliphatic heterocycles. The molecule has 0 aliphatic rings. The van der Waals surface area contributed by atoms with Crippen molar-refractivity contribution in [3.05, 3.63) is 79.9 Å². The molecule has 2 rings (SSSR count). The van der Waals surface area contributed by atoms with Gasteiger partial charge in [0, 0.05) is 36.3 Å². The minimum atomic E-state index is -0.558. The minimum Gasteiger partial charge on any atom is -0.362 e. The Morgan fingerprint density at radius 1 is 0.741 bits per heavy atom. The summed E-state index contributed by atoms with van der Waals surface area (Å²) in [4.78, 5) is 20.7. The zero-order chi connectivity index (χ0) is 20.1. The summed E-state index contributed by atoms with van der Waals surface area (Å²) in [7, 11) is 0. The van der Waals surface area contributed by atoms with E-state index in [1.54, 1.807) is 38.1 Å². The van der Waals surface area contributed by atoms with Crippen LogP contribution >= 0.6 is 0 Å². The van der Waals surface area contributed by atoms with Gasteiger partial charge in [-0.15, -0.1) is 0 Å². The molecule has 2 aromatic carbocycles. The van der Waals surface area contributed by atoms with Crippen LogP contribution in [0, 0.1) is 20.2 Å². The van der Waals surface area contributed by atoms with E-state index in [9.17, 15) is 20.2 Å². The lowest BCUT2D eigenvalue weighted by molar-refractivity contribution is -0.385. The number of nitro groups is 2. The molecule has 4 atom stereocenters. The predicted octanol–water partition coefficient (Wildman–Crippen LogP) is 3.00. The van der Waals surface area contributed by atoms with Crippen LogP contribution in [0.3, 0.4) is 0 Å². The van der Waals surface area contributed by atoms with Crippen molar-refractivity contribution in [2.45, 2.75) is 38.1 Å². The van der Waals surface area contributed by atoms with Crippen molar-refractivity contribution in [1.29, 1.82) is 0 Å². The predicted molar refractivity (Wildman–Crippen MR) is 100 cm³/mol. The molecule has 9 nitrogen and oxygen atoms in total. The van der Waals surface area contributed by atoms with Gasteiger partial charge >= 0.3 is 0 Å². The van der Waals surface area contributed by atoms with Gasteiger partial charge < -0.3 is 16.2 Å². The van der Waals surface area contributed by atoms with Crippen molar-refractivity contribution in [2.75, 3.05) is 0 Å². The van der Waals surface area contributed by atoms with Gasteiger partial charge in [0.25, 0.3) is 11.4 Å². The lowest BCUT2D eigenvalue weighted by Gasteiger charge is -2.30. The number of nitro benzene ring substituents is 2. The van der Waals surface area contributed by atoms with E-state index < -0.39 is 34.1 Å². The summed E-state index contributed by atoms with van der Waals surface area (Å²) in [6.07, 6.45) is -1.12. The van der Waals surface area contributed by atoms with Gasteiger partial charge in [-0.3, -0.25) is 20.2 Å². The number of non-ortho nitro benzene ring substituents is 2. The Morgan fingerprint density at radius 2 is 1.04 bits per heavy atom. The molecule has 2 aromatic rings. The summed E-state index contributed by atoms with van der Waals surface area (Å²) in [5.74, 6) is 0. The van der Waals surface area contributed by atoms with Gasteiger partial charge in [-0.2, -0.15) is 0 Å². The second-order valence-electron chi connectivity index (χ2n) is 6.39. The molecule has 0 aliphatic carbocycles. The third kappa shape index (κ3) is 5.07. The van der Waals surface area contributed by atoms with E-state index in [0.717, 1.165) is 0 Å². The van der Waals surface area contributed by atoms with Gasteiger partial charge in [-0.1, -0.05) is 0 Å². The Morgan fingerprint density at radius 3 is 1.26 bits per heavy atom. The van der Waals surface area contributed by atoms with Crippen LogP contribution in [0.15, 0.2) is 48.5 Å². The Balaban J connectivity index is 2.30. The second-order valence-corrected chi connectivity index (χ2v) is 6.39. The number of nitrogens with two attached hydrogens (primary N) is 2. The maximum atomic E-state index is 10.8. The van der Waals surface area contributed by atoms with Crippen LogP contribution in [0.2, 0.25) is 0 Å². The molecule has 4 N–H and O–H groups in total. The molecule has 0 radical (unpaired) electrons. The number of ether oxygens (including phenoxy) is 1. The number of hydrogen-bond acceptors (Lipinski definition) is 7. The smallest absolute Gasteiger partial charge is 0.269 e. The van der Waals surface area contributed by atoms with Gasteiger partial charge in [-0.05, 0) is 49.2 Å². The minimum absolute atomic E-state index is 0.0266. The first-order valence-corrected chi connectivity index (χ1v) is 8.36. The van der Waals surface area contributed by atoms with Gasteiger partial charge in [0.05, 0.1) is 22.1 Å². The number of nitrogens with zero attached hydrogens (tertiary/aromatic N) is 2. The van der Waals surface area contributed by atoms with Crippen LogP contribution in [0.4, 0.5) is 11.4 Å². The topological polar surface area (TPSA) is 148 Å². The van der Waals surface area contributed by atoms with Crippen LogP contribution < -0.4 is 11.5 Å². The summed E-state index contributed by atoms with van der Waals surface area (Å²) < 4.78 is 6.16. The zero-order valence-electron chi connectivity index (χ0n) is 15.0. The average molecular weight is 374 g/mol. The molecule has 0 saturated carbocycles. The molecule has 144 valence electrons. The van der Waals surface area contributed by atoms with Crippen molar-refractivity contribution in [3.8, 4) is 0 Å². The monoisotopic (exact) mass is 374 g/mol. The number of rotatable bonds is 8. The highest BCUT2D eigenvalue weighted by molar-refractivity contribution is 5.36. The van der Waals surface area contributed by atoms with Crippen molar-refractivity contribution in [3.63, 3.8) is 0 Å². The molecule has 0 aromatic heterocycles. The maximum Gasteiger partial charge on any atom is 0.269 e. The van der Waals surface area contributed by atoms with Crippen LogP contribution in [0.25, 0.3) is 0 Å². The molecule has 0 bridgehead atoms. The lowest BCUT2D eigenvalue weighted by Crippen LogP contribution is -2.33. The van der Waals surface area contributed by atoms with Gasteiger partial charge in [0.1, 0.15) is 0 Å². The van der Waals surface area contributed by atoms with E-state index in [-0.39, 0.29) is 11.4 Å². The summed E-state index contributed by atoms with van der Waals surface area (Å²) in [5, 5.41) is 21.7. The largest absolute Gasteiger partial charge is 0.362 e. The standard InChI is InChI=1S/C18H22N4O5/c1-11(19)17(13-3-7-15(8-4-13)21(23)24)27-18(12(2)20)14-5-9-16(10-6-14)22(25)26/h3-12,17-18H,19-20H2,1-2H3. The van der Waals surface area contributed by atoms with Crippen LogP contribution in [-0.4, -0.2) is 21.9 Å². The Labute approximate surface area is 156 Å².